The van der Waals surface area contributed by atoms with E-state index in [0.29, 0.717) is 0 Å². The molecule has 0 aliphatic carbocycles. The van der Waals surface area contributed by atoms with Crippen molar-refractivity contribution in [2.24, 2.45) is 5.73 Å². The topological polar surface area (TPSA) is 58.4 Å². The summed E-state index contributed by atoms with van der Waals surface area (Å²) in [5.74, 6) is -0.0984. The molecule has 2 aromatic rings. The lowest BCUT2D eigenvalue weighted by Gasteiger charge is -2.35. The van der Waals surface area contributed by atoms with E-state index in [2.05, 4.69) is 22.3 Å². The van der Waals surface area contributed by atoms with Gasteiger partial charge in [-0.1, -0.05) is 48.0 Å². The van der Waals surface area contributed by atoms with E-state index < -0.39 is 6.04 Å². The predicted octanol–water partition coefficient (Wildman–Crippen LogP) is 2.78. The summed E-state index contributed by atoms with van der Waals surface area (Å²) in [6, 6.07) is 17.7. The molecule has 1 aliphatic rings. The van der Waals surface area contributed by atoms with Crippen molar-refractivity contribution in [1.29, 1.82) is 0 Å². The third kappa shape index (κ3) is 3.95. The number of rotatable bonds is 4. The molecule has 2 aromatic carbocycles. The molecule has 0 bridgehead atoms. The van der Waals surface area contributed by atoms with E-state index >= 15 is 0 Å². The van der Waals surface area contributed by atoms with Gasteiger partial charge in [-0.05, 0) is 37.5 Å². The Hall–Kier alpha value is -2.33. The number of hydrogen-bond donors (Lipinski definition) is 2. The molecule has 3 rings (SSSR count). The van der Waals surface area contributed by atoms with Gasteiger partial charge in [0.1, 0.15) is 6.04 Å². The average Bonchev–Trinajstić information content (AvgIpc) is 2.63. The summed E-state index contributed by atoms with van der Waals surface area (Å²) in [4.78, 5) is 14.8. The molecule has 0 saturated carbocycles. The first-order chi connectivity index (χ1) is 11.6. The van der Waals surface area contributed by atoms with Gasteiger partial charge in [-0.25, -0.2) is 0 Å². The Morgan fingerprint density at radius 1 is 1.17 bits per heavy atom. The Bertz CT molecular complexity index is 669. The minimum absolute atomic E-state index is 0.0984. The van der Waals surface area contributed by atoms with Crippen LogP contribution >= 0.6 is 0 Å². The zero-order valence-electron chi connectivity index (χ0n) is 14.1. The average molecular weight is 323 g/mol. The van der Waals surface area contributed by atoms with Gasteiger partial charge in [0.15, 0.2) is 0 Å². The van der Waals surface area contributed by atoms with Crippen molar-refractivity contribution in [3.05, 3.63) is 65.7 Å². The zero-order valence-corrected chi connectivity index (χ0v) is 14.1. The normalized spacial score (nSPS) is 18.9. The van der Waals surface area contributed by atoms with Crippen molar-refractivity contribution in [3.63, 3.8) is 0 Å². The van der Waals surface area contributed by atoms with Gasteiger partial charge in [0.05, 0.1) is 0 Å². The molecule has 0 aromatic heterocycles. The van der Waals surface area contributed by atoms with Gasteiger partial charge in [0.25, 0.3) is 0 Å². The predicted molar refractivity (Wildman–Crippen MR) is 97.9 cm³/mol. The lowest BCUT2D eigenvalue weighted by molar-refractivity contribution is -0.123. The van der Waals surface area contributed by atoms with Crippen molar-refractivity contribution in [1.82, 2.24) is 5.32 Å². The summed E-state index contributed by atoms with van der Waals surface area (Å²) in [5.41, 5.74) is 9.35. The van der Waals surface area contributed by atoms with Crippen LogP contribution in [0.2, 0.25) is 0 Å². The monoisotopic (exact) mass is 323 g/mol. The molecule has 0 radical (unpaired) electrons. The van der Waals surface area contributed by atoms with Gasteiger partial charge in [0, 0.05) is 24.8 Å². The molecular formula is C20H25N3O. The molecular weight excluding hydrogens is 298 g/mol. The van der Waals surface area contributed by atoms with E-state index in [1.807, 2.05) is 49.4 Å². The van der Waals surface area contributed by atoms with Crippen LogP contribution in [-0.4, -0.2) is 25.0 Å². The number of piperidine rings is 1. The largest absolute Gasteiger partial charge is 0.369 e. The van der Waals surface area contributed by atoms with Crippen LogP contribution in [0.1, 0.15) is 30.0 Å². The van der Waals surface area contributed by atoms with E-state index in [9.17, 15) is 4.79 Å². The van der Waals surface area contributed by atoms with Crippen LogP contribution in [0.5, 0.6) is 0 Å². The molecule has 0 spiro atoms. The molecule has 24 heavy (non-hydrogen) atoms. The second kappa shape index (κ2) is 7.49. The number of carbonyl (C=O) groups is 1. The summed E-state index contributed by atoms with van der Waals surface area (Å²) < 4.78 is 0. The van der Waals surface area contributed by atoms with Crippen molar-refractivity contribution < 1.29 is 4.79 Å². The summed E-state index contributed by atoms with van der Waals surface area (Å²) in [6.07, 6.45) is 2.06. The molecule has 4 heteroatoms. The van der Waals surface area contributed by atoms with Crippen LogP contribution in [0.3, 0.4) is 0 Å². The third-order valence-electron chi connectivity index (χ3n) is 4.61. The van der Waals surface area contributed by atoms with Gasteiger partial charge in [-0.2, -0.15) is 0 Å². The minimum Gasteiger partial charge on any atom is -0.369 e. The van der Waals surface area contributed by atoms with Gasteiger partial charge in [-0.3, -0.25) is 4.79 Å². The number of nitrogens with zero attached hydrogens (tertiary/aromatic N) is 1. The Kier molecular flexibility index (Phi) is 5.16. The summed E-state index contributed by atoms with van der Waals surface area (Å²) >= 11 is 0. The van der Waals surface area contributed by atoms with E-state index in [1.165, 1.54) is 5.69 Å². The van der Waals surface area contributed by atoms with E-state index in [1.54, 1.807) is 0 Å². The van der Waals surface area contributed by atoms with E-state index in [4.69, 9.17) is 5.73 Å². The molecule has 1 saturated heterocycles. The maximum Gasteiger partial charge on any atom is 0.241 e. The fourth-order valence-corrected chi connectivity index (χ4v) is 3.18. The number of nitrogens with one attached hydrogen (secondary N) is 1. The van der Waals surface area contributed by atoms with Gasteiger partial charge in [0.2, 0.25) is 5.91 Å². The second-order valence-corrected chi connectivity index (χ2v) is 6.52. The molecule has 2 unspecified atom stereocenters. The maximum absolute atomic E-state index is 12.5. The van der Waals surface area contributed by atoms with Crippen LogP contribution in [0.4, 0.5) is 5.69 Å². The number of benzene rings is 2. The summed E-state index contributed by atoms with van der Waals surface area (Å²) in [6.45, 7) is 3.88. The fraction of sp³-hybridized carbons (Fsp3) is 0.350. The second-order valence-electron chi connectivity index (χ2n) is 6.52. The smallest absolute Gasteiger partial charge is 0.241 e. The number of carbonyl (C=O) groups excluding carboxylic acids is 1. The van der Waals surface area contributed by atoms with Crippen LogP contribution in [-0.2, 0) is 4.79 Å². The number of amides is 1. The molecule has 1 fully saturated rings. The maximum atomic E-state index is 12.5. The number of anilines is 1. The Labute approximate surface area is 143 Å². The van der Waals surface area contributed by atoms with Gasteiger partial charge >= 0.3 is 0 Å². The number of para-hydroxylation sites is 1. The highest BCUT2D eigenvalue weighted by atomic mass is 16.2. The molecule has 3 N–H and O–H groups in total. The highest BCUT2D eigenvalue weighted by Crippen LogP contribution is 2.20. The lowest BCUT2D eigenvalue weighted by atomic mass is 10.0. The molecule has 1 heterocycles. The molecule has 2 atom stereocenters. The Balaban J connectivity index is 1.60. The third-order valence-corrected chi connectivity index (χ3v) is 4.61. The first-order valence-electron chi connectivity index (χ1n) is 8.56. The Morgan fingerprint density at radius 2 is 1.88 bits per heavy atom. The van der Waals surface area contributed by atoms with Crippen LogP contribution in [0, 0.1) is 6.92 Å². The number of hydrogen-bond acceptors (Lipinski definition) is 3. The van der Waals surface area contributed by atoms with Gasteiger partial charge < -0.3 is 16.0 Å². The van der Waals surface area contributed by atoms with Crippen molar-refractivity contribution in [2.75, 3.05) is 18.0 Å². The SMILES string of the molecule is Cc1ccc(C(N)C(=O)NC2CCCN(c3ccccc3)C2)cc1. The quantitative estimate of drug-likeness (QED) is 0.909. The standard InChI is InChI=1S/C20H25N3O/c1-15-9-11-16(12-10-15)19(21)20(24)22-17-6-5-13-23(14-17)18-7-3-2-4-8-18/h2-4,7-12,17,19H,5-6,13-14,21H2,1H3,(H,22,24). The molecule has 126 valence electrons. The van der Waals surface area contributed by atoms with Gasteiger partial charge in [-0.15, -0.1) is 0 Å². The first kappa shape index (κ1) is 16.5. The summed E-state index contributed by atoms with van der Waals surface area (Å²) in [7, 11) is 0. The van der Waals surface area contributed by atoms with Crippen molar-refractivity contribution in [3.8, 4) is 0 Å². The fourth-order valence-electron chi connectivity index (χ4n) is 3.18. The zero-order chi connectivity index (χ0) is 16.9. The van der Waals surface area contributed by atoms with Crippen LogP contribution in [0.25, 0.3) is 0 Å². The number of nitrogens with two attached hydrogens (primary N) is 1. The molecule has 1 aliphatic heterocycles. The van der Waals surface area contributed by atoms with Crippen LogP contribution in [0.15, 0.2) is 54.6 Å². The molecule has 1 amide bonds. The van der Waals surface area contributed by atoms with E-state index in [-0.39, 0.29) is 11.9 Å². The lowest BCUT2D eigenvalue weighted by Crippen LogP contribution is -2.49. The van der Waals surface area contributed by atoms with E-state index in [0.717, 1.165) is 37.1 Å². The molecule has 4 nitrogen and oxygen atoms in total. The Morgan fingerprint density at radius 3 is 2.58 bits per heavy atom. The summed E-state index contributed by atoms with van der Waals surface area (Å²) in [5, 5.41) is 3.13. The number of aryl methyl sites for hydroxylation is 1. The highest BCUT2D eigenvalue weighted by molar-refractivity contribution is 5.83. The first-order valence-corrected chi connectivity index (χ1v) is 8.56. The van der Waals surface area contributed by atoms with Crippen molar-refractivity contribution in [2.45, 2.75) is 31.8 Å². The van der Waals surface area contributed by atoms with Crippen molar-refractivity contribution >= 4 is 11.6 Å². The minimum atomic E-state index is -0.613. The van der Waals surface area contributed by atoms with Crippen LogP contribution < -0.4 is 16.0 Å². The highest BCUT2D eigenvalue weighted by Gasteiger charge is 2.24.